The number of halogens is 1. The Balaban J connectivity index is 2.60. The Morgan fingerprint density at radius 1 is 1.62 bits per heavy atom. The summed E-state index contributed by atoms with van der Waals surface area (Å²) >= 11 is 0. The molecule has 0 aromatic carbocycles. The average Bonchev–Trinajstić information content (AvgIpc) is 2.05. The number of nitrogens with one attached hydrogen (secondary N) is 1. The summed E-state index contributed by atoms with van der Waals surface area (Å²) in [5.74, 6) is -0.458. The molecule has 6 heteroatoms. The van der Waals surface area contributed by atoms with Crippen LogP contribution in [0.15, 0.2) is 0 Å². The van der Waals surface area contributed by atoms with Crippen LogP contribution in [-0.4, -0.2) is 47.3 Å². The van der Waals surface area contributed by atoms with Crippen molar-refractivity contribution >= 4 is 5.91 Å². The number of aliphatic hydroxyl groups excluding tert-OH is 2. The standard InChI is InChI=1S/C7H12FNO4/c1-3(10)9-5-6(11)4(8)2-13-7(5)12/h4-7,11-12H,2H2,1H3,(H,9,10)/t4-,5+,6+,7+/m1/s1. The van der Waals surface area contributed by atoms with Gasteiger partial charge in [0.05, 0.1) is 6.61 Å². The van der Waals surface area contributed by atoms with E-state index in [1.165, 1.54) is 6.92 Å². The van der Waals surface area contributed by atoms with Gasteiger partial charge in [-0.15, -0.1) is 0 Å². The number of rotatable bonds is 1. The fourth-order valence-corrected chi connectivity index (χ4v) is 1.18. The zero-order valence-electron chi connectivity index (χ0n) is 7.11. The number of aliphatic hydroxyl groups is 2. The molecule has 1 saturated heterocycles. The molecule has 0 unspecified atom stereocenters. The van der Waals surface area contributed by atoms with Crippen molar-refractivity contribution in [2.75, 3.05) is 6.61 Å². The van der Waals surface area contributed by atoms with Crippen molar-refractivity contribution in [2.45, 2.75) is 31.5 Å². The third kappa shape index (κ3) is 2.36. The van der Waals surface area contributed by atoms with Crippen LogP contribution in [0.2, 0.25) is 0 Å². The normalized spacial score (nSPS) is 40.0. The number of hydrogen-bond acceptors (Lipinski definition) is 4. The molecule has 1 rings (SSSR count). The quantitative estimate of drug-likeness (QED) is 0.475. The van der Waals surface area contributed by atoms with Crippen LogP contribution in [0.4, 0.5) is 4.39 Å². The van der Waals surface area contributed by atoms with Gasteiger partial charge in [0.15, 0.2) is 12.5 Å². The molecule has 5 nitrogen and oxygen atoms in total. The van der Waals surface area contributed by atoms with Crippen LogP contribution in [0.3, 0.4) is 0 Å². The molecule has 0 aromatic heterocycles. The molecular formula is C7H12FNO4. The first kappa shape index (κ1) is 10.4. The van der Waals surface area contributed by atoms with Crippen molar-refractivity contribution in [2.24, 2.45) is 0 Å². The second-order valence-corrected chi connectivity index (χ2v) is 2.96. The van der Waals surface area contributed by atoms with Crippen LogP contribution < -0.4 is 5.32 Å². The molecule has 76 valence electrons. The Morgan fingerprint density at radius 3 is 2.77 bits per heavy atom. The van der Waals surface area contributed by atoms with Crippen molar-refractivity contribution in [3.05, 3.63) is 0 Å². The maximum Gasteiger partial charge on any atom is 0.217 e. The van der Waals surface area contributed by atoms with E-state index in [0.29, 0.717) is 0 Å². The molecule has 0 spiro atoms. The maximum atomic E-state index is 12.8. The molecule has 4 atom stereocenters. The second-order valence-electron chi connectivity index (χ2n) is 2.96. The highest BCUT2D eigenvalue weighted by molar-refractivity contribution is 5.73. The van der Waals surface area contributed by atoms with Crippen molar-refractivity contribution < 1.29 is 24.1 Å². The Morgan fingerprint density at radius 2 is 2.23 bits per heavy atom. The van der Waals surface area contributed by atoms with Gasteiger partial charge in [0.2, 0.25) is 5.91 Å². The number of ether oxygens (including phenoxy) is 1. The largest absolute Gasteiger partial charge is 0.388 e. The molecule has 3 N–H and O–H groups in total. The number of carbonyl (C=O) groups is 1. The Hall–Kier alpha value is -0.720. The third-order valence-electron chi connectivity index (χ3n) is 1.84. The summed E-state index contributed by atoms with van der Waals surface area (Å²) < 4.78 is 17.4. The molecule has 1 aliphatic rings. The minimum absolute atomic E-state index is 0.363. The van der Waals surface area contributed by atoms with Gasteiger partial charge in [-0.25, -0.2) is 4.39 Å². The summed E-state index contributed by atoms with van der Waals surface area (Å²) in [6.45, 7) is 0.847. The van der Waals surface area contributed by atoms with E-state index in [-0.39, 0.29) is 6.61 Å². The van der Waals surface area contributed by atoms with Gasteiger partial charge in [0.25, 0.3) is 0 Å². The minimum atomic E-state index is -1.58. The molecule has 0 saturated carbocycles. The van der Waals surface area contributed by atoms with E-state index in [9.17, 15) is 14.3 Å². The van der Waals surface area contributed by atoms with Crippen molar-refractivity contribution in [3.8, 4) is 0 Å². The van der Waals surface area contributed by atoms with E-state index in [1.807, 2.05) is 0 Å². The smallest absolute Gasteiger partial charge is 0.217 e. The average molecular weight is 193 g/mol. The van der Waals surface area contributed by atoms with Crippen molar-refractivity contribution in [1.82, 2.24) is 5.32 Å². The Bertz CT molecular complexity index is 201. The van der Waals surface area contributed by atoms with Gasteiger partial charge in [0, 0.05) is 6.92 Å². The van der Waals surface area contributed by atoms with Crippen LogP contribution in [0, 0.1) is 0 Å². The lowest BCUT2D eigenvalue weighted by Gasteiger charge is -2.34. The summed E-state index contributed by atoms with van der Waals surface area (Å²) in [6, 6.07) is -1.10. The van der Waals surface area contributed by atoms with Gasteiger partial charge in [-0.2, -0.15) is 0 Å². The van der Waals surface area contributed by atoms with E-state index in [2.05, 4.69) is 10.1 Å². The van der Waals surface area contributed by atoms with Crippen LogP contribution in [-0.2, 0) is 9.53 Å². The molecular weight excluding hydrogens is 181 g/mol. The Labute approximate surface area is 74.5 Å². The molecule has 1 fully saturated rings. The van der Waals surface area contributed by atoms with Crippen LogP contribution >= 0.6 is 0 Å². The highest BCUT2D eigenvalue weighted by Gasteiger charge is 2.39. The predicted octanol–water partition coefficient (Wildman–Crippen LogP) is -1.46. The van der Waals surface area contributed by atoms with Crippen LogP contribution in [0.1, 0.15) is 6.92 Å². The van der Waals surface area contributed by atoms with E-state index in [1.54, 1.807) is 0 Å². The summed E-state index contributed by atoms with van der Waals surface area (Å²) in [7, 11) is 0. The SMILES string of the molecule is CC(=O)N[C@H]1[C@@H](O)[C@H](F)CO[C@@H]1O. The molecule has 1 amide bonds. The van der Waals surface area contributed by atoms with Gasteiger partial charge in [-0.1, -0.05) is 0 Å². The molecule has 0 aromatic rings. The van der Waals surface area contributed by atoms with Gasteiger partial charge < -0.3 is 20.3 Å². The molecule has 1 aliphatic heterocycles. The number of hydrogen-bond donors (Lipinski definition) is 3. The topological polar surface area (TPSA) is 78.8 Å². The maximum absolute atomic E-state index is 12.8. The zero-order chi connectivity index (χ0) is 10.0. The molecule has 0 aliphatic carbocycles. The lowest BCUT2D eigenvalue weighted by atomic mass is 10.0. The number of alkyl halides is 1. The minimum Gasteiger partial charge on any atom is -0.388 e. The van der Waals surface area contributed by atoms with Gasteiger partial charge >= 0.3 is 0 Å². The first-order valence-electron chi connectivity index (χ1n) is 3.91. The Kier molecular flexibility index (Phi) is 3.18. The zero-order valence-corrected chi connectivity index (χ0v) is 7.11. The monoisotopic (exact) mass is 193 g/mol. The summed E-state index contributed by atoms with van der Waals surface area (Å²) in [5, 5.41) is 20.6. The van der Waals surface area contributed by atoms with Crippen LogP contribution in [0.5, 0.6) is 0 Å². The van der Waals surface area contributed by atoms with Crippen molar-refractivity contribution in [3.63, 3.8) is 0 Å². The lowest BCUT2D eigenvalue weighted by molar-refractivity contribution is -0.199. The van der Waals surface area contributed by atoms with E-state index in [0.717, 1.165) is 0 Å². The molecule has 13 heavy (non-hydrogen) atoms. The summed E-state index contributed by atoms with van der Waals surface area (Å²) in [5.41, 5.74) is 0. The first-order valence-corrected chi connectivity index (χ1v) is 3.91. The van der Waals surface area contributed by atoms with E-state index >= 15 is 0 Å². The summed E-state index contributed by atoms with van der Waals surface area (Å²) in [4.78, 5) is 10.6. The molecule has 0 radical (unpaired) electrons. The van der Waals surface area contributed by atoms with Gasteiger partial charge in [-0.3, -0.25) is 4.79 Å². The van der Waals surface area contributed by atoms with Gasteiger partial charge in [0.1, 0.15) is 12.1 Å². The fraction of sp³-hybridized carbons (Fsp3) is 0.857. The molecule has 1 heterocycles. The highest BCUT2D eigenvalue weighted by atomic mass is 19.1. The second kappa shape index (κ2) is 3.99. The first-order chi connectivity index (χ1) is 6.02. The lowest BCUT2D eigenvalue weighted by Crippen LogP contribution is -2.59. The van der Waals surface area contributed by atoms with Gasteiger partial charge in [-0.05, 0) is 0 Å². The van der Waals surface area contributed by atoms with E-state index < -0.39 is 30.5 Å². The highest BCUT2D eigenvalue weighted by Crippen LogP contribution is 2.16. The fourth-order valence-electron chi connectivity index (χ4n) is 1.18. The summed E-state index contributed by atoms with van der Waals surface area (Å²) in [6.07, 6.45) is -4.36. The van der Waals surface area contributed by atoms with E-state index in [4.69, 9.17) is 5.11 Å². The van der Waals surface area contributed by atoms with Crippen molar-refractivity contribution in [1.29, 1.82) is 0 Å². The van der Waals surface area contributed by atoms with Crippen LogP contribution in [0.25, 0.3) is 0 Å². The predicted molar refractivity (Wildman–Crippen MR) is 40.5 cm³/mol. The number of carbonyl (C=O) groups excluding carboxylic acids is 1. The third-order valence-corrected chi connectivity index (χ3v) is 1.84. The molecule has 0 bridgehead atoms. The number of amides is 1.